The molecule has 2 aromatic rings. The molecule has 0 spiro atoms. The Kier molecular flexibility index (Phi) is 11.3. The maximum atomic E-state index is 11.5. The normalized spacial score (nSPS) is 11.0. The molecule has 0 N–H and O–H groups in total. The standard InChI is InChI=1S/C20H26O4S.K/c1-2-3-4-5-6-8-11-17-16-19(14-15-20(17)25(21,22)23)24-18-12-9-7-10-13-18;/h7,9-10,12-16H,2-6,8,11H2,1H3,(H,21,22,23);/q;+1/p-1. The fourth-order valence-electron chi connectivity index (χ4n) is 2.78. The molecular formula is C20H25KO4S. The minimum Gasteiger partial charge on any atom is -0.744 e. The Hall–Kier alpha value is -0.214. The van der Waals surface area contributed by atoms with Gasteiger partial charge in [-0.2, -0.15) is 0 Å². The summed E-state index contributed by atoms with van der Waals surface area (Å²) in [4.78, 5) is -0.138. The molecule has 0 fully saturated rings. The molecule has 2 rings (SSSR count). The van der Waals surface area contributed by atoms with E-state index in [4.69, 9.17) is 4.74 Å². The Morgan fingerprint density at radius 2 is 1.54 bits per heavy atom. The van der Waals surface area contributed by atoms with Gasteiger partial charge in [0.15, 0.2) is 0 Å². The van der Waals surface area contributed by atoms with Gasteiger partial charge < -0.3 is 9.29 Å². The van der Waals surface area contributed by atoms with Gasteiger partial charge in [-0.05, 0) is 48.7 Å². The van der Waals surface area contributed by atoms with Crippen LogP contribution in [0.2, 0.25) is 0 Å². The predicted octanol–water partition coefficient (Wildman–Crippen LogP) is 2.29. The summed E-state index contributed by atoms with van der Waals surface area (Å²) in [6, 6.07) is 13.8. The summed E-state index contributed by atoms with van der Waals surface area (Å²) in [5, 5.41) is 0. The Morgan fingerprint density at radius 3 is 2.19 bits per heavy atom. The van der Waals surface area contributed by atoms with E-state index in [1.54, 1.807) is 6.07 Å². The fourth-order valence-corrected chi connectivity index (χ4v) is 3.50. The van der Waals surface area contributed by atoms with E-state index in [9.17, 15) is 13.0 Å². The summed E-state index contributed by atoms with van der Waals surface area (Å²) >= 11 is 0. The van der Waals surface area contributed by atoms with Crippen LogP contribution in [-0.4, -0.2) is 13.0 Å². The topological polar surface area (TPSA) is 66.4 Å². The molecule has 0 radical (unpaired) electrons. The number of ether oxygens (including phenoxy) is 1. The van der Waals surface area contributed by atoms with E-state index < -0.39 is 10.1 Å². The third-order valence-corrected chi connectivity index (χ3v) is 5.02. The molecule has 0 aliphatic carbocycles. The smallest absolute Gasteiger partial charge is 0.744 e. The van der Waals surface area contributed by atoms with Crippen LogP contribution < -0.4 is 56.1 Å². The van der Waals surface area contributed by atoms with Crippen LogP contribution in [0.5, 0.6) is 11.5 Å². The minimum atomic E-state index is -4.48. The van der Waals surface area contributed by atoms with E-state index in [2.05, 4.69) is 6.92 Å². The van der Waals surface area contributed by atoms with E-state index >= 15 is 0 Å². The Morgan fingerprint density at radius 1 is 0.885 bits per heavy atom. The number of para-hydroxylation sites is 1. The van der Waals surface area contributed by atoms with Gasteiger partial charge >= 0.3 is 51.4 Å². The molecule has 2 aromatic carbocycles. The van der Waals surface area contributed by atoms with Gasteiger partial charge in [-0.3, -0.25) is 0 Å². The summed E-state index contributed by atoms with van der Waals surface area (Å²) in [7, 11) is -4.48. The average Bonchev–Trinajstić information content (AvgIpc) is 2.58. The van der Waals surface area contributed by atoms with E-state index in [-0.39, 0.29) is 56.3 Å². The molecule has 136 valence electrons. The second kappa shape index (κ2) is 12.3. The zero-order valence-electron chi connectivity index (χ0n) is 15.6. The SMILES string of the molecule is CCCCCCCCc1cc(Oc2ccccc2)ccc1S(=O)(=O)[O-].[K+]. The van der Waals surface area contributed by atoms with E-state index in [0.29, 0.717) is 23.5 Å². The van der Waals surface area contributed by atoms with Crippen LogP contribution in [-0.2, 0) is 16.5 Å². The van der Waals surface area contributed by atoms with Crippen molar-refractivity contribution in [2.24, 2.45) is 0 Å². The summed E-state index contributed by atoms with van der Waals surface area (Å²) in [5.74, 6) is 1.21. The molecule has 4 nitrogen and oxygen atoms in total. The number of unbranched alkanes of at least 4 members (excludes halogenated alkanes) is 5. The number of benzene rings is 2. The van der Waals surface area contributed by atoms with Crippen LogP contribution in [0.25, 0.3) is 0 Å². The first-order valence-corrected chi connectivity index (χ1v) is 10.2. The number of aryl methyl sites for hydroxylation is 1. The molecule has 6 heteroatoms. The first kappa shape index (κ1) is 23.8. The third-order valence-electron chi connectivity index (χ3n) is 4.08. The van der Waals surface area contributed by atoms with Crippen LogP contribution in [0.3, 0.4) is 0 Å². The van der Waals surface area contributed by atoms with E-state index in [1.807, 2.05) is 30.3 Å². The van der Waals surface area contributed by atoms with Gasteiger partial charge in [-0.25, -0.2) is 8.42 Å². The van der Waals surface area contributed by atoms with Crippen molar-refractivity contribution in [3.05, 3.63) is 54.1 Å². The number of rotatable bonds is 10. The van der Waals surface area contributed by atoms with Gasteiger partial charge in [0.25, 0.3) is 0 Å². The van der Waals surface area contributed by atoms with Gasteiger partial charge in [0.2, 0.25) is 0 Å². The molecule has 0 atom stereocenters. The second-order valence-corrected chi connectivity index (χ2v) is 7.50. The van der Waals surface area contributed by atoms with Gasteiger partial charge in [-0.1, -0.05) is 57.2 Å². The molecule has 0 amide bonds. The first-order valence-electron chi connectivity index (χ1n) is 8.82. The zero-order valence-corrected chi connectivity index (χ0v) is 19.5. The van der Waals surface area contributed by atoms with Crippen molar-refractivity contribution in [1.29, 1.82) is 0 Å². The molecule has 0 unspecified atom stereocenters. The molecule has 0 heterocycles. The van der Waals surface area contributed by atoms with Crippen LogP contribution in [0.4, 0.5) is 0 Å². The molecule has 0 saturated heterocycles. The van der Waals surface area contributed by atoms with Crippen molar-refractivity contribution < 1.29 is 69.1 Å². The molecule has 0 aliphatic rings. The molecular weight excluding hydrogens is 375 g/mol. The monoisotopic (exact) mass is 400 g/mol. The van der Waals surface area contributed by atoms with Crippen molar-refractivity contribution in [3.63, 3.8) is 0 Å². The Labute approximate surface area is 199 Å². The van der Waals surface area contributed by atoms with Crippen molar-refractivity contribution in [2.45, 2.75) is 56.8 Å². The molecule has 26 heavy (non-hydrogen) atoms. The Bertz CT molecular complexity index is 761. The van der Waals surface area contributed by atoms with Crippen LogP contribution in [0, 0.1) is 0 Å². The largest absolute Gasteiger partial charge is 1.00 e. The molecule has 0 bridgehead atoms. The van der Waals surface area contributed by atoms with Crippen molar-refractivity contribution in [1.82, 2.24) is 0 Å². The van der Waals surface area contributed by atoms with Gasteiger partial charge in [0, 0.05) is 0 Å². The Balaban J connectivity index is 0.00000338. The number of hydrogen-bond acceptors (Lipinski definition) is 4. The fraction of sp³-hybridized carbons (Fsp3) is 0.400. The van der Waals surface area contributed by atoms with Crippen molar-refractivity contribution in [2.75, 3.05) is 0 Å². The molecule has 0 saturated carbocycles. The predicted molar refractivity (Wildman–Crippen MR) is 98.0 cm³/mol. The van der Waals surface area contributed by atoms with E-state index in [1.165, 1.54) is 31.4 Å². The van der Waals surface area contributed by atoms with Crippen LogP contribution in [0.1, 0.15) is 51.0 Å². The van der Waals surface area contributed by atoms with Crippen LogP contribution >= 0.6 is 0 Å². The van der Waals surface area contributed by atoms with Crippen molar-refractivity contribution >= 4 is 10.1 Å². The summed E-state index contributed by atoms with van der Waals surface area (Å²) in [6.45, 7) is 2.17. The summed E-state index contributed by atoms with van der Waals surface area (Å²) in [5.41, 5.74) is 0.541. The maximum absolute atomic E-state index is 11.5. The summed E-state index contributed by atoms with van der Waals surface area (Å²) in [6.07, 6.45) is 7.20. The second-order valence-electron chi connectivity index (χ2n) is 6.16. The van der Waals surface area contributed by atoms with Crippen LogP contribution in [0.15, 0.2) is 53.4 Å². The van der Waals surface area contributed by atoms with Gasteiger partial charge in [-0.15, -0.1) is 0 Å². The third kappa shape index (κ3) is 8.21. The first-order chi connectivity index (χ1) is 12.0. The summed E-state index contributed by atoms with van der Waals surface area (Å²) < 4.78 is 40.3. The zero-order chi connectivity index (χ0) is 18.1. The van der Waals surface area contributed by atoms with E-state index in [0.717, 1.165) is 19.3 Å². The molecule has 0 aromatic heterocycles. The molecule has 0 aliphatic heterocycles. The van der Waals surface area contributed by atoms with Gasteiger partial charge in [0.05, 0.1) is 4.90 Å². The average molecular weight is 401 g/mol. The van der Waals surface area contributed by atoms with Gasteiger partial charge in [0.1, 0.15) is 21.6 Å². The maximum Gasteiger partial charge on any atom is 1.00 e. The quantitative estimate of drug-likeness (QED) is 0.349. The number of hydrogen-bond donors (Lipinski definition) is 0. The minimum absolute atomic E-state index is 0. The van der Waals surface area contributed by atoms with Crippen molar-refractivity contribution in [3.8, 4) is 11.5 Å².